The molecule has 1 aliphatic rings. The summed E-state index contributed by atoms with van der Waals surface area (Å²) in [5, 5.41) is 9.49. The smallest absolute Gasteiger partial charge is 0.227 e. The molecule has 0 aromatic heterocycles. The van der Waals surface area contributed by atoms with Crippen LogP contribution in [0.4, 0.5) is 5.69 Å². The van der Waals surface area contributed by atoms with E-state index in [1.54, 1.807) is 6.07 Å². The monoisotopic (exact) mass is 254 g/mol. The normalized spacial score (nSPS) is 19.7. The van der Waals surface area contributed by atoms with Gasteiger partial charge < -0.3 is 15.7 Å². The van der Waals surface area contributed by atoms with Crippen LogP contribution in [-0.4, -0.2) is 23.5 Å². The highest BCUT2D eigenvalue weighted by Gasteiger charge is 2.34. The lowest BCUT2D eigenvalue weighted by Crippen LogP contribution is -2.28. The number of hydrogen-bond donors (Lipinski definition) is 2. The van der Waals surface area contributed by atoms with Crippen LogP contribution in [0.2, 0.25) is 5.02 Å². The van der Waals surface area contributed by atoms with Gasteiger partial charge in [0.15, 0.2) is 0 Å². The standard InChI is InChI=1S/C11H11ClN2O3/c12-8-4-7(15)1-2-9(8)14-5-6(11(13)17)3-10(14)16/h1-2,4,6,15H,3,5H2,(H2,13,17). The molecular weight excluding hydrogens is 244 g/mol. The van der Waals surface area contributed by atoms with Crippen molar-refractivity contribution in [3.05, 3.63) is 23.2 Å². The molecule has 0 bridgehead atoms. The number of amides is 2. The number of halogens is 1. The van der Waals surface area contributed by atoms with Crippen LogP contribution < -0.4 is 10.6 Å². The highest BCUT2D eigenvalue weighted by molar-refractivity contribution is 6.34. The zero-order valence-corrected chi connectivity index (χ0v) is 9.65. The molecule has 3 N–H and O–H groups in total. The van der Waals surface area contributed by atoms with E-state index in [1.807, 2.05) is 0 Å². The van der Waals surface area contributed by atoms with Crippen LogP contribution in [0.25, 0.3) is 0 Å². The van der Waals surface area contributed by atoms with Crippen LogP contribution >= 0.6 is 11.6 Å². The molecule has 1 heterocycles. The van der Waals surface area contributed by atoms with Gasteiger partial charge in [-0.3, -0.25) is 9.59 Å². The summed E-state index contributed by atoms with van der Waals surface area (Å²) in [6.07, 6.45) is 0.104. The van der Waals surface area contributed by atoms with Crippen LogP contribution in [0.3, 0.4) is 0 Å². The summed E-state index contributed by atoms with van der Waals surface area (Å²) < 4.78 is 0. The average molecular weight is 255 g/mol. The van der Waals surface area contributed by atoms with Crippen LogP contribution in [0, 0.1) is 5.92 Å². The van der Waals surface area contributed by atoms with E-state index in [1.165, 1.54) is 17.0 Å². The van der Waals surface area contributed by atoms with Crippen molar-refractivity contribution in [2.75, 3.05) is 11.4 Å². The average Bonchev–Trinajstić information content (AvgIpc) is 2.61. The Bertz CT molecular complexity index is 490. The van der Waals surface area contributed by atoms with Crippen molar-refractivity contribution in [2.24, 2.45) is 11.7 Å². The molecule has 2 rings (SSSR count). The minimum Gasteiger partial charge on any atom is -0.508 e. The van der Waals surface area contributed by atoms with Crippen LogP contribution in [0.1, 0.15) is 6.42 Å². The molecule has 2 amide bonds. The maximum atomic E-state index is 11.7. The van der Waals surface area contributed by atoms with Gasteiger partial charge in [-0.15, -0.1) is 0 Å². The lowest BCUT2D eigenvalue weighted by Gasteiger charge is -2.17. The number of aromatic hydroxyl groups is 1. The van der Waals surface area contributed by atoms with Crippen molar-refractivity contribution in [1.29, 1.82) is 0 Å². The molecule has 1 unspecified atom stereocenters. The van der Waals surface area contributed by atoms with Crippen molar-refractivity contribution in [1.82, 2.24) is 0 Å². The van der Waals surface area contributed by atoms with Crippen LogP contribution in [-0.2, 0) is 9.59 Å². The van der Waals surface area contributed by atoms with E-state index in [0.717, 1.165) is 0 Å². The highest BCUT2D eigenvalue weighted by Crippen LogP contribution is 2.33. The Labute approximate surface area is 103 Å². The first-order valence-corrected chi connectivity index (χ1v) is 5.45. The number of primary amides is 1. The van der Waals surface area contributed by atoms with Crippen molar-refractivity contribution in [3.63, 3.8) is 0 Å². The van der Waals surface area contributed by atoms with Gasteiger partial charge in [-0.2, -0.15) is 0 Å². The number of benzene rings is 1. The number of anilines is 1. The molecule has 90 valence electrons. The Morgan fingerprint density at radius 3 is 2.76 bits per heavy atom. The summed E-state index contributed by atoms with van der Waals surface area (Å²) in [4.78, 5) is 24.2. The first kappa shape index (κ1) is 11.7. The van der Waals surface area contributed by atoms with E-state index in [0.29, 0.717) is 5.69 Å². The predicted molar refractivity (Wildman–Crippen MR) is 62.8 cm³/mol. The maximum absolute atomic E-state index is 11.7. The van der Waals surface area contributed by atoms with Gasteiger partial charge in [-0.1, -0.05) is 11.6 Å². The molecule has 1 atom stereocenters. The summed E-state index contributed by atoms with van der Waals surface area (Å²) in [5.41, 5.74) is 5.66. The lowest BCUT2D eigenvalue weighted by atomic mass is 10.1. The summed E-state index contributed by atoms with van der Waals surface area (Å²) >= 11 is 5.93. The number of nitrogens with two attached hydrogens (primary N) is 1. The number of phenols is 1. The second-order valence-electron chi connectivity index (χ2n) is 3.94. The van der Waals surface area contributed by atoms with Crippen molar-refractivity contribution < 1.29 is 14.7 Å². The van der Waals surface area contributed by atoms with E-state index in [9.17, 15) is 14.7 Å². The Kier molecular flexibility index (Phi) is 2.93. The van der Waals surface area contributed by atoms with Crippen molar-refractivity contribution >= 4 is 29.1 Å². The van der Waals surface area contributed by atoms with E-state index >= 15 is 0 Å². The SMILES string of the molecule is NC(=O)C1CC(=O)N(c2ccc(O)cc2Cl)C1. The number of phenolic OH excluding ortho intramolecular Hbond substituents is 1. The third kappa shape index (κ3) is 2.19. The Morgan fingerprint density at radius 1 is 1.53 bits per heavy atom. The number of rotatable bonds is 2. The number of carbonyl (C=O) groups is 2. The Morgan fingerprint density at radius 2 is 2.24 bits per heavy atom. The first-order chi connectivity index (χ1) is 7.99. The zero-order chi connectivity index (χ0) is 12.6. The molecule has 1 aromatic rings. The molecule has 0 spiro atoms. The topological polar surface area (TPSA) is 83.6 Å². The molecule has 17 heavy (non-hydrogen) atoms. The first-order valence-electron chi connectivity index (χ1n) is 5.07. The van der Waals surface area contributed by atoms with Gasteiger partial charge >= 0.3 is 0 Å². The maximum Gasteiger partial charge on any atom is 0.227 e. The molecule has 0 aliphatic carbocycles. The largest absolute Gasteiger partial charge is 0.508 e. The highest BCUT2D eigenvalue weighted by atomic mass is 35.5. The molecule has 5 nitrogen and oxygen atoms in total. The molecule has 1 saturated heterocycles. The predicted octanol–water partition coefficient (Wildman–Crippen LogP) is 0.884. The summed E-state index contributed by atoms with van der Waals surface area (Å²) in [6, 6.07) is 4.33. The van der Waals surface area contributed by atoms with Crippen LogP contribution in [0.5, 0.6) is 5.75 Å². The third-order valence-electron chi connectivity index (χ3n) is 2.75. The second-order valence-corrected chi connectivity index (χ2v) is 4.35. The second kappa shape index (κ2) is 4.25. The van der Waals surface area contributed by atoms with E-state index in [-0.39, 0.29) is 29.6 Å². The van der Waals surface area contributed by atoms with E-state index in [4.69, 9.17) is 17.3 Å². The molecule has 1 fully saturated rings. The quantitative estimate of drug-likeness (QED) is 0.822. The van der Waals surface area contributed by atoms with Gasteiger partial charge in [0, 0.05) is 19.0 Å². The fourth-order valence-corrected chi connectivity index (χ4v) is 2.12. The molecule has 1 aliphatic heterocycles. The van der Waals surface area contributed by atoms with Gasteiger partial charge in [0.2, 0.25) is 11.8 Å². The lowest BCUT2D eigenvalue weighted by molar-refractivity contribution is -0.123. The van der Waals surface area contributed by atoms with Crippen molar-refractivity contribution in [2.45, 2.75) is 6.42 Å². The number of nitrogens with zero attached hydrogens (tertiary/aromatic N) is 1. The molecule has 6 heteroatoms. The van der Waals surface area contributed by atoms with Gasteiger partial charge in [-0.05, 0) is 12.1 Å². The summed E-state index contributed by atoms with van der Waals surface area (Å²) in [5.74, 6) is -1.14. The number of carbonyl (C=O) groups excluding carboxylic acids is 2. The van der Waals surface area contributed by atoms with Gasteiger partial charge in [-0.25, -0.2) is 0 Å². The fraction of sp³-hybridized carbons (Fsp3) is 0.273. The van der Waals surface area contributed by atoms with Gasteiger partial charge in [0.25, 0.3) is 0 Å². The van der Waals surface area contributed by atoms with Crippen molar-refractivity contribution in [3.8, 4) is 5.75 Å². The Balaban J connectivity index is 2.29. The van der Waals surface area contributed by atoms with Crippen LogP contribution in [0.15, 0.2) is 18.2 Å². The van der Waals surface area contributed by atoms with Gasteiger partial charge in [0.1, 0.15) is 5.75 Å². The van der Waals surface area contributed by atoms with E-state index in [2.05, 4.69) is 0 Å². The van der Waals surface area contributed by atoms with Gasteiger partial charge in [0.05, 0.1) is 16.6 Å². The third-order valence-corrected chi connectivity index (χ3v) is 3.05. The molecule has 0 radical (unpaired) electrons. The minimum atomic E-state index is -0.490. The fourth-order valence-electron chi connectivity index (χ4n) is 1.85. The van der Waals surface area contributed by atoms with E-state index < -0.39 is 11.8 Å². The molecule has 0 saturated carbocycles. The molecule has 1 aromatic carbocycles. The Hall–Kier alpha value is -1.75. The number of hydrogen-bond acceptors (Lipinski definition) is 3. The summed E-state index contributed by atoms with van der Waals surface area (Å²) in [6.45, 7) is 0.235. The minimum absolute atomic E-state index is 0.0249. The summed E-state index contributed by atoms with van der Waals surface area (Å²) in [7, 11) is 0. The molecular formula is C11H11ClN2O3. The zero-order valence-electron chi connectivity index (χ0n) is 8.89.